The van der Waals surface area contributed by atoms with Crippen LogP contribution in [-0.2, 0) is 21.4 Å². The molecular formula is C19H21ClN2O4S. The minimum absolute atomic E-state index is 0.185. The number of carbonyl (C=O) groups is 1. The van der Waals surface area contributed by atoms with E-state index in [-0.39, 0.29) is 5.91 Å². The third kappa shape index (κ3) is 6.62. The molecule has 0 saturated heterocycles. The van der Waals surface area contributed by atoms with Crippen molar-refractivity contribution in [2.75, 3.05) is 25.1 Å². The Kier molecular flexibility index (Phi) is 6.87. The molecular weight excluding hydrogens is 388 g/mol. The van der Waals surface area contributed by atoms with Gasteiger partial charge in [-0.1, -0.05) is 23.7 Å². The fourth-order valence-electron chi connectivity index (χ4n) is 2.38. The van der Waals surface area contributed by atoms with Crippen LogP contribution in [0.2, 0.25) is 5.02 Å². The van der Waals surface area contributed by atoms with Crippen molar-refractivity contribution in [3.05, 3.63) is 64.7 Å². The molecule has 0 atom stereocenters. The van der Waals surface area contributed by atoms with Gasteiger partial charge in [0.15, 0.2) is 0 Å². The normalized spacial score (nSPS) is 11.4. The van der Waals surface area contributed by atoms with Gasteiger partial charge in [-0.25, -0.2) is 8.42 Å². The predicted octanol–water partition coefficient (Wildman–Crippen LogP) is 3.39. The van der Waals surface area contributed by atoms with E-state index in [0.717, 1.165) is 17.4 Å². The Morgan fingerprint density at radius 3 is 2.48 bits per heavy atom. The highest BCUT2D eigenvalue weighted by atomic mass is 35.5. The summed E-state index contributed by atoms with van der Waals surface area (Å²) in [6.45, 7) is 0.351. The highest BCUT2D eigenvalue weighted by Crippen LogP contribution is 2.23. The fraction of sp³-hybridized carbons (Fsp3) is 0.211. The standard InChI is InChI=1S/C19H21ClN2O4S/c1-22(13-15-12-16(20)7-10-18(15)26-2)19(23)11-6-14-4-8-17(9-5-14)21-27(3,24)25/h4-12,21H,13H2,1-3H3/b11-6+. The third-order valence-electron chi connectivity index (χ3n) is 3.66. The maximum atomic E-state index is 12.3. The van der Waals surface area contributed by atoms with Gasteiger partial charge in [0, 0.05) is 35.9 Å². The first-order valence-electron chi connectivity index (χ1n) is 8.01. The number of methoxy groups -OCH3 is 1. The molecule has 0 aliphatic rings. The molecule has 0 aliphatic carbocycles. The van der Waals surface area contributed by atoms with Crippen molar-refractivity contribution in [3.63, 3.8) is 0 Å². The zero-order valence-corrected chi connectivity index (χ0v) is 16.8. The second kappa shape index (κ2) is 8.92. The number of hydrogen-bond acceptors (Lipinski definition) is 4. The number of likely N-dealkylation sites (N-methyl/N-ethyl adjacent to an activating group) is 1. The number of benzene rings is 2. The Labute approximate surface area is 164 Å². The number of sulfonamides is 1. The molecule has 0 bridgehead atoms. The Morgan fingerprint density at radius 1 is 1.22 bits per heavy atom. The molecule has 2 aromatic rings. The number of amides is 1. The van der Waals surface area contributed by atoms with Crippen LogP contribution in [0.4, 0.5) is 5.69 Å². The van der Waals surface area contributed by atoms with Gasteiger partial charge < -0.3 is 9.64 Å². The fourth-order valence-corrected chi connectivity index (χ4v) is 3.13. The number of nitrogens with zero attached hydrogens (tertiary/aromatic N) is 1. The molecule has 0 unspecified atom stereocenters. The van der Waals surface area contributed by atoms with E-state index in [0.29, 0.717) is 23.0 Å². The average Bonchev–Trinajstić information content (AvgIpc) is 2.59. The molecule has 0 aromatic heterocycles. The van der Waals surface area contributed by atoms with Crippen LogP contribution in [0, 0.1) is 0 Å². The van der Waals surface area contributed by atoms with Gasteiger partial charge in [0.05, 0.1) is 13.4 Å². The van der Waals surface area contributed by atoms with Gasteiger partial charge in [0.25, 0.3) is 0 Å². The van der Waals surface area contributed by atoms with Crippen LogP contribution in [0.3, 0.4) is 0 Å². The summed E-state index contributed by atoms with van der Waals surface area (Å²) in [7, 11) is -0.0612. The number of halogens is 1. The average molecular weight is 409 g/mol. The van der Waals surface area contributed by atoms with Crippen molar-refractivity contribution in [2.45, 2.75) is 6.54 Å². The molecule has 27 heavy (non-hydrogen) atoms. The first-order valence-corrected chi connectivity index (χ1v) is 10.3. The van der Waals surface area contributed by atoms with Crippen molar-refractivity contribution in [1.82, 2.24) is 4.90 Å². The summed E-state index contributed by atoms with van der Waals surface area (Å²) in [5.74, 6) is 0.479. The smallest absolute Gasteiger partial charge is 0.246 e. The van der Waals surface area contributed by atoms with Gasteiger partial charge in [-0.2, -0.15) is 0 Å². The number of nitrogens with one attached hydrogen (secondary N) is 1. The first kappa shape index (κ1) is 20.8. The number of rotatable bonds is 7. The summed E-state index contributed by atoms with van der Waals surface area (Å²) in [5, 5.41) is 0.574. The number of ether oxygens (including phenoxy) is 1. The third-order valence-corrected chi connectivity index (χ3v) is 4.50. The van der Waals surface area contributed by atoms with E-state index < -0.39 is 10.0 Å². The van der Waals surface area contributed by atoms with Crippen LogP contribution in [0.25, 0.3) is 6.08 Å². The largest absolute Gasteiger partial charge is 0.496 e. The summed E-state index contributed by atoms with van der Waals surface area (Å²) < 4.78 is 30.1. The molecule has 0 heterocycles. The van der Waals surface area contributed by atoms with Crippen LogP contribution in [0.1, 0.15) is 11.1 Å². The molecule has 144 valence electrons. The quantitative estimate of drug-likeness (QED) is 0.712. The number of carbonyl (C=O) groups excluding carboxylic acids is 1. The number of hydrogen-bond donors (Lipinski definition) is 1. The van der Waals surface area contributed by atoms with Crippen molar-refractivity contribution in [1.29, 1.82) is 0 Å². The summed E-state index contributed by atoms with van der Waals surface area (Å²) in [5.41, 5.74) is 2.05. The molecule has 0 radical (unpaired) electrons. The SMILES string of the molecule is COc1ccc(Cl)cc1CN(C)C(=O)/C=C/c1ccc(NS(C)(=O)=O)cc1. The molecule has 6 nitrogen and oxygen atoms in total. The predicted molar refractivity (Wildman–Crippen MR) is 108 cm³/mol. The lowest BCUT2D eigenvalue weighted by atomic mass is 10.1. The lowest BCUT2D eigenvalue weighted by Gasteiger charge is -2.17. The molecule has 0 spiro atoms. The zero-order valence-electron chi connectivity index (χ0n) is 15.3. The maximum Gasteiger partial charge on any atom is 0.246 e. The van der Waals surface area contributed by atoms with Gasteiger partial charge in [-0.05, 0) is 42.0 Å². The molecule has 0 saturated carbocycles. The van der Waals surface area contributed by atoms with Crippen LogP contribution >= 0.6 is 11.6 Å². The van der Waals surface area contributed by atoms with E-state index in [1.165, 1.54) is 6.08 Å². The maximum absolute atomic E-state index is 12.3. The first-order chi connectivity index (χ1) is 12.7. The van der Waals surface area contributed by atoms with Crippen LogP contribution < -0.4 is 9.46 Å². The summed E-state index contributed by atoms with van der Waals surface area (Å²) >= 11 is 6.02. The second-order valence-electron chi connectivity index (χ2n) is 5.98. The lowest BCUT2D eigenvalue weighted by molar-refractivity contribution is -0.125. The highest BCUT2D eigenvalue weighted by Gasteiger charge is 2.10. The molecule has 1 amide bonds. The van der Waals surface area contributed by atoms with E-state index in [1.807, 2.05) is 0 Å². The summed E-state index contributed by atoms with van der Waals surface area (Å²) in [6, 6.07) is 12.0. The van der Waals surface area contributed by atoms with E-state index in [9.17, 15) is 13.2 Å². The molecule has 2 rings (SSSR count). The van der Waals surface area contributed by atoms with Crippen molar-refractivity contribution in [2.24, 2.45) is 0 Å². The Morgan fingerprint density at radius 2 is 1.89 bits per heavy atom. The van der Waals surface area contributed by atoms with Gasteiger partial charge in [-0.15, -0.1) is 0 Å². The molecule has 2 aromatic carbocycles. The van der Waals surface area contributed by atoms with Crippen molar-refractivity contribution in [3.8, 4) is 5.75 Å². The minimum atomic E-state index is -3.31. The van der Waals surface area contributed by atoms with Crippen LogP contribution in [0.5, 0.6) is 5.75 Å². The highest BCUT2D eigenvalue weighted by molar-refractivity contribution is 7.92. The van der Waals surface area contributed by atoms with E-state index in [4.69, 9.17) is 16.3 Å². The Hall–Kier alpha value is -2.51. The van der Waals surface area contributed by atoms with Crippen LogP contribution in [0.15, 0.2) is 48.5 Å². The van der Waals surface area contributed by atoms with Gasteiger partial charge in [0.2, 0.25) is 15.9 Å². The summed E-state index contributed by atoms with van der Waals surface area (Å²) in [4.78, 5) is 13.9. The lowest BCUT2D eigenvalue weighted by Crippen LogP contribution is -2.24. The zero-order chi connectivity index (χ0) is 20.0. The van der Waals surface area contributed by atoms with E-state index >= 15 is 0 Å². The molecule has 1 N–H and O–H groups in total. The number of anilines is 1. The molecule has 8 heteroatoms. The topological polar surface area (TPSA) is 75.7 Å². The van der Waals surface area contributed by atoms with Gasteiger partial charge in [0.1, 0.15) is 5.75 Å². The Bertz CT molecular complexity index is 941. The van der Waals surface area contributed by atoms with E-state index in [1.54, 1.807) is 67.6 Å². The second-order valence-corrected chi connectivity index (χ2v) is 8.16. The summed E-state index contributed by atoms with van der Waals surface area (Å²) in [6.07, 6.45) is 4.21. The van der Waals surface area contributed by atoms with Gasteiger partial charge >= 0.3 is 0 Å². The van der Waals surface area contributed by atoms with Crippen molar-refractivity contribution < 1.29 is 17.9 Å². The van der Waals surface area contributed by atoms with Crippen LogP contribution in [-0.4, -0.2) is 39.6 Å². The van der Waals surface area contributed by atoms with Crippen molar-refractivity contribution >= 4 is 39.3 Å². The van der Waals surface area contributed by atoms with Gasteiger partial charge in [-0.3, -0.25) is 9.52 Å². The molecule has 0 fully saturated rings. The minimum Gasteiger partial charge on any atom is -0.496 e. The molecule has 0 aliphatic heterocycles. The van der Waals surface area contributed by atoms with E-state index in [2.05, 4.69) is 4.72 Å². The monoisotopic (exact) mass is 408 g/mol. The Balaban J connectivity index is 2.02.